The summed E-state index contributed by atoms with van der Waals surface area (Å²) in [4.78, 5) is 4.90. The number of unbranched alkanes of at least 4 members (excludes halogenated alkanes) is 1. The van der Waals surface area contributed by atoms with E-state index in [2.05, 4.69) is 88.1 Å². The van der Waals surface area contributed by atoms with Gasteiger partial charge in [0.25, 0.3) is 0 Å². The Morgan fingerprint density at radius 3 is 2.55 bits per heavy atom. The van der Waals surface area contributed by atoms with Gasteiger partial charge in [-0.25, -0.2) is 4.98 Å². The Kier molecular flexibility index (Phi) is 6.30. The molecular weight excluding hydrogens is 424 g/mol. The molecule has 0 saturated heterocycles. The Morgan fingerprint density at radius 2 is 1.76 bits per heavy atom. The first-order valence-corrected chi connectivity index (χ1v) is 11.0. The van der Waals surface area contributed by atoms with Crippen molar-refractivity contribution in [1.82, 2.24) is 9.55 Å². The normalized spacial score (nSPS) is 11.1. The highest BCUT2D eigenvalue weighted by Gasteiger charge is 2.12. The number of hydrogen-bond donors (Lipinski definition) is 0. The summed E-state index contributed by atoms with van der Waals surface area (Å²) in [5, 5.41) is 0. The maximum atomic E-state index is 5.91. The first kappa shape index (κ1) is 19.7. The smallest absolute Gasteiger partial charge is 0.141 e. The summed E-state index contributed by atoms with van der Waals surface area (Å²) >= 11 is 3.58. The summed E-state index contributed by atoms with van der Waals surface area (Å²) < 4.78 is 9.30. The average Bonchev–Trinajstić information content (AvgIpc) is 3.13. The molecule has 1 heterocycles. The minimum atomic E-state index is 0.727. The molecule has 0 amide bonds. The number of nitrogens with zero attached hydrogens (tertiary/aromatic N) is 2. The first-order valence-electron chi connectivity index (χ1n) is 10.2. The molecule has 0 aliphatic heterocycles. The van der Waals surface area contributed by atoms with Crippen molar-refractivity contribution < 1.29 is 4.74 Å². The third-order valence-corrected chi connectivity index (χ3v) is 5.61. The molecule has 0 radical (unpaired) electrons. The second-order valence-corrected chi connectivity index (χ2v) is 8.05. The van der Waals surface area contributed by atoms with Gasteiger partial charge in [-0.05, 0) is 61.2 Å². The topological polar surface area (TPSA) is 27.1 Å². The van der Waals surface area contributed by atoms with Gasteiger partial charge in [-0.1, -0.05) is 59.3 Å². The number of ether oxygens (including phenoxy) is 1. The summed E-state index contributed by atoms with van der Waals surface area (Å²) in [7, 11) is 0. The van der Waals surface area contributed by atoms with Crippen LogP contribution in [-0.2, 0) is 13.0 Å². The fraction of sp³-hybridized carbons (Fsp3) is 0.240. The number of halogens is 1. The molecular formula is C25H25BrN2O. The van der Waals surface area contributed by atoms with Crippen LogP contribution < -0.4 is 4.74 Å². The zero-order valence-electron chi connectivity index (χ0n) is 16.6. The van der Waals surface area contributed by atoms with Crippen molar-refractivity contribution in [1.29, 1.82) is 0 Å². The van der Waals surface area contributed by atoms with Gasteiger partial charge in [0, 0.05) is 16.6 Å². The highest BCUT2D eigenvalue weighted by Crippen LogP contribution is 2.27. The molecule has 0 spiro atoms. The molecule has 0 saturated carbocycles. The SMILES string of the molecule is CCc1ccc(OCCCCn2c(-c3cccc(Br)c3)nc3ccccc32)cc1. The first-order chi connectivity index (χ1) is 14.2. The number of para-hydroxylation sites is 2. The predicted molar refractivity (Wildman–Crippen MR) is 123 cm³/mol. The minimum absolute atomic E-state index is 0.727. The van der Waals surface area contributed by atoms with Crippen LogP contribution >= 0.6 is 15.9 Å². The molecule has 3 nitrogen and oxygen atoms in total. The van der Waals surface area contributed by atoms with E-state index in [0.29, 0.717) is 0 Å². The number of hydrogen-bond acceptors (Lipinski definition) is 2. The van der Waals surface area contributed by atoms with E-state index in [9.17, 15) is 0 Å². The fourth-order valence-electron chi connectivity index (χ4n) is 3.53. The van der Waals surface area contributed by atoms with Crippen molar-refractivity contribution >= 4 is 27.0 Å². The van der Waals surface area contributed by atoms with Crippen molar-refractivity contribution in [2.24, 2.45) is 0 Å². The molecule has 148 valence electrons. The van der Waals surface area contributed by atoms with E-state index in [4.69, 9.17) is 9.72 Å². The summed E-state index contributed by atoms with van der Waals surface area (Å²) in [6, 6.07) is 25.1. The Labute approximate surface area is 180 Å². The zero-order valence-corrected chi connectivity index (χ0v) is 18.2. The molecule has 1 aromatic heterocycles. The number of benzene rings is 3. The van der Waals surface area contributed by atoms with Crippen LogP contribution in [0.4, 0.5) is 0 Å². The van der Waals surface area contributed by atoms with E-state index in [1.807, 2.05) is 12.1 Å². The Hall–Kier alpha value is -2.59. The van der Waals surface area contributed by atoms with Gasteiger partial charge in [0.2, 0.25) is 0 Å². The lowest BCUT2D eigenvalue weighted by molar-refractivity contribution is 0.303. The monoisotopic (exact) mass is 448 g/mol. The maximum Gasteiger partial charge on any atom is 0.141 e. The van der Waals surface area contributed by atoms with Crippen LogP contribution in [0.1, 0.15) is 25.3 Å². The highest BCUT2D eigenvalue weighted by atomic mass is 79.9. The number of aryl methyl sites for hydroxylation is 2. The lowest BCUT2D eigenvalue weighted by Gasteiger charge is -2.11. The van der Waals surface area contributed by atoms with Gasteiger partial charge >= 0.3 is 0 Å². The van der Waals surface area contributed by atoms with Crippen molar-refractivity contribution in [3.8, 4) is 17.1 Å². The van der Waals surface area contributed by atoms with E-state index in [0.717, 1.165) is 59.5 Å². The van der Waals surface area contributed by atoms with Crippen molar-refractivity contribution in [3.05, 3.63) is 82.8 Å². The Bertz CT molecular complexity index is 1090. The number of fused-ring (bicyclic) bond motifs is 1. The second kappa shape index (κ2) is 9.27. The van der Waals surface area contributed by atoms with Crippen LogP contribution in [-0.4, -0.2) is 16.2 Å². The van der Waals surface area contributed by atoms with E-state index >= 15 is 0 Å². The standard InChI is InChI=1S/C25H25BrN2O/c1-2-19-12-14-22(15-13-19)29-17-6-5-16-28-24-11-4-3-10-23(24)27-25(28)20-8-7-9-21(26)18-20/h3-4,7-15,18H,2,5-6,16-17H2,1H3. The third-order valence-electron chi connectivity index (χ3n) is 5.11. The van der Waals surface area contributed by atoms with Gasteiger partial charge in [0.05, 0.1) is 17.6 Å². The van der Waals surface area contributed by atoms with Gasteiger partial charge in [-0.15, -0.1) is 0 Å². The van der Waals surface area contributed by atoms with Gasteiger partial charge in [-0.2, -0.15) is 0 Å². The van der Waals surface area contributed by atoms with E-state index in [1.54, 1.807) is 0 Å². The number of rotatable bonds is 8. The minimum Gasteiger partial charge on any atom is -0.494 e. The highest BCUT2D eigenvalue weighted by molar-refractivity contribution is 9.10. The summed E-state index contributed by atoms with van der Waals surface area (Å²) in [5.74, 6) is 1.97. The van der Waals surface area contributed by atoms with Crippen LogP contribution in [0, 0.1) is 0 Å². The molecule has 29 heavy (non-hydrogen) atoms. The zero-order chi connectivity index (χ0) is 20.1. The molecule has 4 rings (SSSR count). The molecule has 4 heteroatoms. The van der Waals surface area contributed by atoms with Crippen molar-refractivity contribution in [3.63, 3.8) is 0 Å². The van der Waals surface area contributed by atoms with E-state index < -0.39 is 0 Å². The molecule has 0 atom stereocenters. The molecule has 0 aliphatic rings. The Morgan fingerprint density at radius 1 is 0.931 bits per heavy atom. The molecule has 0 fully saturated rings. The van der Waals surface area contributed by atoms with Crippen LogP contribution in [0.15, 0.2) is 77.3 Å². The number of aromatic nitrogens is 2. The van der Waals surface area contributed by atoms with E-state index in [-0.39, 0.29) is 0 Å². The van der Waals surface area contributed by atoms with Crippen molar-refractivity contribution in [2.45, 2.75) is 32.7 Å². The van der Waals surface area contributed by atoms with Gasteiger partial charge in [0.15, 0.2) is 0 Å². The molecule has 4 aromatic rings. The summed E-state index contributed by atoms with van der Waals surface area (Å²) in [6.07, 6.45) is 3.09. The van der Waals surface area contributed by atoms with E-state index in [1.165, 1.54) is 11.1 Å². The van der Waals surface area contributed by atoms with Crippen LogP contribution in [0.3, 0.4) is 0 Å². The number of imidazole rings is 1. The molecule has 0 bridgehead atoms. The van der Waals surface area contributed by atoms with Gasteiger partial charge in [0.1, 0.15) is 11.6 Å². The Balaban J connectivity index is 1.43. The van der Waals surface area contributed by atoms with Crippen molar-refractivity contribution in [2.75, 3.05) is 6.61 Å². The quantitative estimate of drug-likeness (QED) is 0.274. The van der Waals surface area contributed by atoms with Gasteiger partial charge < -0.3 is 9.30 Å². The predicted octanol–water partition coefficient (Wildman–Crippen LogP) is 6.89. The molecule has 0 unspecified atom stereocenters. The summed E-state index contributed by atoms with van der Waals surface area (Å²) in [6.45, 7) is 3.81. The lowest BCUT2D eigenvalue weighted by atomic mass is 10.2. The second-order valence-electron chi connectivity index (χ2n) is 7.14. The average molecular weight is 449 g/mol. The van der Waals surface area contributed by atoms with Crippen LogP contribution in [0.5, 0.6) is 5.75 Å². The van der Waals surface area contributed by atoms with Crippen LogP contribution in [0.2, 0.25) is 0 Å². The molecule has 0 aliphatic carbocycles. The lowest BCUT2D eigenvalue weighted by Crippen LogP contribution is -2.04. The maximum absolute atomic E-state index is 5.91. The molecule has 3 aromatic carbocycles. The fourth-order valence-corrected chi connectivity index (χ4v) is 3.93. The van der Waals surface area contributed by atoms with Crippen LogP contribution in [0.25, 0.3) is 22.4 Å². The summed E-state index contributed by atoms with van der Waals surface area (Å²) in [5.41, 5.74) is 4.68. The largest absolute Gasteiger partial charge is 0.494 e. The molecule has 0 N–H and O–H groups in total. The third kappa shape index (κ3) is 4.70. The van der Waals surface area contributed by atoms with Gasteiger partial charge in [-0.3, -0.25) is 0 Å².